The zero-order chi connectivity index (χ0) is 7.73. The Bertz CT molecular complexity index is 151. The Labute approximate surface area is 75.4 Å². The van der Waals surface area contributed by atoms with Crippen molar-refractivity contribution >= 4 is 15.9 Å². The predicted molar refractivity (Wildman–Crippen MR) is 46.0 cm³/mol. The molecule has 0 aromatic heterocycles. The third kappa shape index (κ3) is 1.23. The zero-order valence-corrected chi connectivity index (χ0v) is 8.10. The van der Waals surface area contributed by atoms with Gasteiger partial charge < -0.3 is 9.47 Å². The largest absolute Gasteiger partial charge is 0.381 e. The summed E-state index contributed by atoms with van der Waals surface area (Å²) in [5, 5.41) is 1.02. The fraction of sp³-hybridized carbons (Fsp3) is 1.00. The molecule has 0 radical (unpaired) electrons. The quantitative estimate of drug-likeness (QED) is 0.626. The molecule has 0 aromatic carbocycles. The molecule has 0 N–H and O–H groups in total. The van der Waals surface area contributed by atoms with Crippen molar-refractivity contribution in [2.24, 2.45) is 5.41 Å². The van der Waals surface area contributed by atoms with Crippen LogP contribution in [0, 0.1) is 5.41 Å². The highest BCUT2D eigenvalue weighted by atomic mass is 79.9. The highest BCUT2D eigenvalue weighted by Crippen LogP contribution is 2.41. The summed E-state index contributed by atoms with van der Waals surface area (Å²) in [5.74, 6) is 0. The third-order valence-electron chi connectivity index (χ3n) is 2.78. The van der Waals surface area contributed by atoms with Crippen molar-refractivity contribution in [1.29, 1.82) is 0 Å². The van der Waals surface area contributed by atoms with E-state index in [0.717, 1.165) is 38.0 Å². The molecule has 2 unspecified atom stereocenters. The summed E-state index contributed by atoms with van der Waals surface area (Å²) in [5.41, 5.74) is 0.304. The molecule has 2 aliphatic heterocycles. The van der Waals surface area contributed by atoms with Crippen LogP contribution in [0.5, 0.6) is 0 Å². The maximum absolute atomic E-state index is 5.64. The van der Waals surface area contributed by atoms with Crippen molar-refractivity contribution < 1.29 is 9.47 Å². The van der Waals surface area contributed by atoms with E-state index in [2.05, 4.69) is 15.9 Å². The molecular formula is C8H13BrO2. The topological polar surface area (TPSA) is 18.5 Å². The summed E-state index contributed by atoms with van der Waals surface area (Å²) in [7, 11) is 0. The van der Waals surface area contributed by atoms with Gasteiger partial charge in [0.05, 0.1) is 12.7 Å². The summed E-state index contributed by atoms with van der Waals surface area (Å²) < 4.78 is 11.1. The number of ether oxygens (including phenoxy) is 2. The van der Waals surface area contributed by atoms with E-state index in [-0.39, 0.29) is 0 Å². The van der Waals surface area contributed by atoms with E-state index in [0.29, 0.717) is 11.5 Å². The van der Waals surface area contributed by atoms with E-state index in [4.69, 9.17) is 9.47 Å². The number of hydrogen-bond donors (Lipinski definition) is 0. The maximum atomic E-state index is 5.64. The first kappa shape index (κ1) is 8.02. The lowest BCUT2D eigenvalue weighted by Gasteiger charge is -2.36. The molecule has 0 aliphatic carbocycles. The fourth-order valence-electron chi connectivity index (χ4n) is 1.95. The van der Waals surface area contributed by atoms with Crippen LogP contribution in [0.4, 0.5) is 0 Å². The second-order valence-corrected chi connectivity index (χ2v) is 4.01. The molecule has 2 aliphatic rings. The lowest BCUT2D eigenvalue weighted by molar-refractivity contribution is -0.0613. The Balaban J connectivity index is 2.12. The second kappa shape index (κ2) is 3.04. The fourth-order valence-corrected chi connectivity index (χ4v) is 2.76. The molecular weight excluding hydrogens is 208 g/mol. The van der Waals surface area contributed by atoms with Gasteiger partial charge in [0, 0.05) is 24.0 Å². The van der Waals surface area contributed by atoms with E-state index in [9.17, 15) is 0 Å². The third-order valence-corrected chi connectivity index (χ3v) is 3.90. The Morgan fingerprint density at radius 1 is 1.45 bits per heavy atom. The summed E-state index contributed by atoms with van der Waals surface area (Å²) >= 11 is 3.55. The molecule has 0 aromatic rings. The summed E-state index contributed by atoms with van der Waals surface area (Å²) in [6, 6.07) is 0. The molecule has 0 bridgehead atoms. The number of alkyl halides is 1. The standard InChI is InChI=1S/C8H13BrO2/c9-5-8-2-4-11-7(8)1-3-10-6-8/h7H,1-6H2. The van der Waals surface area contributed by atoms with Crippen LogP contribution in [0.25, 0.3) is 0 Å². The average molecular weight is 221 g/mol. The van der Waals surface area contributed by atoms with Crippen molar-refractivity contribution in [1.82, 2.24) is 0 Å². The van der Waals surface area contributed by atoms with Gasteiger partial charge in [-0.1, -0.05) is 15.9 Å². The van der Waals surface area contributed by atoms with Gasteiger partial charge in [-0.25, -0.2) is 0 Å². The van der Waals surface area contributed by atoms with Crippen LogP contribution in [-0.2, 0) is 9.47 Å². The number of halogens is 1. The monoisotopic (exact) mass is 220 g/mol. The Morgan fingerprint density at radius 3 is 3.09 bits per heavy atom. The number of hydrogen-bond acceptors (Lipinski definition) is 2. The van der Waals surface area contributed by atoms with Crippen LogP contribution in [0.1, 0.15) is 12.8 Å². The van der Waals surface area contributed by atoms with Gasteiger partial charge in [0.15, 0.2) is 0 Å². The van der Waals surface area contributed by atoms with E-state index in [1.54, 1.807) is 0 Å². The first-order valence-corrected chi connectivity index (χ1v) is 5.25. The molecule has 3 heteroatoms. The van der Waals surface area contributed by atoms with Gasteiger partial charge >= 0.3 is 0 Å². The van der Waals surface area contributed by atoms with Crippen molar-refractivity contribution in [3.8, 4) is 0 Å². The zero-order valence-electron chi connectivity index (χ0n) is 6.51. The van der Waals surface area contributed by atoms with Gasteiger partial charge in [-0.2, -0.15) is 0 Å². The smallest absolute Gasteiger partial charge is 0.0684 e. The van der Waals surface area contributed by atoms with Crippen LogP contribution < -0.4 is 0 Å². The van der Waals surface area contributed by atoms with Crippen LogP contribution >= 0.6 is 15.9 Å². The van der Waals surface area contributed by atoms with E-state index in [1.165, 1.54) is 0 Å². The molecule has 2 atom stereocenters. The minimum atomic E-state index is 0.304. The van der Waals surface area contributed by atoms with Crippen LogP contribution in [-0.4, -0.2) is 31.3 Å². The highest BCUT2D eigenvalue weighted by Gasteiger charge is 2.45. The van der Waals surface area contributed by atoms with Gasteiger partial charge in [0.1, 0.15) is 0 Å². The van der Waals surface area contributed by atoms with E-state index >= 15 is 0 Å². The Kier molecular flexibility index (Phi) is 2.21. The van der Waals surface area contributed by atoms with Gasteiger partial charge in [0.25, 0.3) is 0 Å². The molecule has 2 nitrogen and oxygen atoms in total. The average Bonchev–Trinajstić information content (AvgIpc) is 2.48. The van der Waals surface area contributed by atoms with Gasteiger partial charge in [-0.05, 0) is 12.8 Å². The minimum Gasteiger partial charge on any atom is -0.381 e. The van der Waals surface area contributed by atoms with Gasteiger partial charge in [0.2, 0.25) is 0 Å². The first-order valence-electron chi connectivity index (χ1n) is 4.13. The first-order chi connectivity index (χ1) is 5.37. The second-order valence-electron chi connectivity index (χ2n) is 3.45. The molecule has 0 spiro atoms. The summed E-state index contributed by atoms with van der Waals surface area (Å²) in [6.45, 7) is 2.67. The Morgan fingerprint density at radius 2 is 2.36 bits per heavy atom. The molecule has 2 rings (SSSR count). The normalized spacial score (nSPS) is 43.9. The lowest BCUT2D eigenvalue weighted by atomic mass is 9.81. The van der Waals surface area contributed by atoms with Crippen molar-refractivity contribution in [2.45, 2.75) is 18.9 Å². The van der Waals surface area contributed by atoms with Crippen molar-refractivity contribution in [3.63, 3.8) is 0 Å². The lowest BCUT2D eigenvalue weighted by Crippen LogP contribution is -2.42. The van der Waals surface area contributed by atoms with E-state index < -0.39 is 0 Å². The molecule has 2 fully saturated rings. The minimum absolute atomic E-state index is 0.304. The SMILES string of the molecule is BrCC12CCOC1CCOC2. The van der Waals surface area contributed by atoms with Crippen LogP contribution in [0.15, 0.2) is 0 Å². The molecule has 2 saturated heterocycles. The summed E-state index contributed by atoms with van der Waals surface area (Å²) in [6.07, 6.45) is 2.68. The van der Waals surface area contributed by atoms with E-state index in [1.807, 2.05) is 0 Å². The number of rotatable bonds is 1. The van der Waals surface area contributed by atoms with Crippen molar-refractivity contribution in [2.75, 3.05) is 25.2 Å². The van der Waals surface area contributed by atoms with Crippen LogP contribution in [0.3, 0.4) is 0 Å². The van der Waals surface area contributed by atoms with Crippen LogP contribution in [0.2, 0.25) is 0 Å². The van der Waals surface area contributed by atoms with Gasteiger partial charge in [-0.3, -0.25) is 0 Å². The molecule has 64 valence electrons. The highest BCUT2D eigenvalue weighted by molar-refractivity contribution is 9.09. The molecule has 0 amide bonds. The maximum Gasteiger partial charge on any atom is 0.0684 e. The Hall–Kier alpha value is 0.400. The molecule has 2 heterocycles. The predicted octanol–water partition coefficient (Wildman–Crippen LogP) is 1.58. The molecule has 11 heavy (non-hydrogen) atoms. The molecule has 0 saturated carbocycles. The summed E-state index contributed by atoms with van der Waals surface area (Å²) in [4.78, 5) is 0. The number of fused-ring (bicyclic) bond motifs is 1. The van der Waals surface area contributed by atoms with Gasteiger partial charge in [-0.15, -0.1) is 0 Å². The van der Waals surface area contributed by atoms with Crippen molar-refractivity contribution in [3.05, 3.63) is 0 Å².